The van der Waals surface area contributed by atoms with Gasteiger partial charge in [0.25, 0.3) is 0 Å². The van der Waals surface area contributed by atoms with Crippen molar-refractivity contribution in [3.05, 3.63) is 111 Å². The van der Waals surface area contributed by atoms with Crippen molar-refractivity contribution in [2.75, 3.05) is 0 Å². The summed E-state index contributed by atoms with van der Waals surface area (Å²) >= 11 is 0. The van der Waals surface area contributed by atoms with Crippen LogP contribution in [0, 0.1) is 62.3 Å². The number of benzene rings is 4. The highest BCUT2D eigenvalue weighted by Gasteiger charge is 2.29. The van der Waals surface area contributed by atoms with E-state index in [1.807, 2.05) is 0 Å². The van der Waals surface area contributed by atoms with Gasteiger partial charge in [-0.3, -0.25) is 0 Å². The lowest BCUT2D eigenvalue weighted by atomic mass is 9.34. The van der Waals surface area contributed by atoms with Crippen molar-refractivity contribution in [2.24, 2.45) is 0 Å². The first-order chi connectivity index (χ1) is 16.1. The Bertz CT molecular complexity index is 1330. The molecule has 0 heterocycles. The summed E-state index contributed by atoms with van der Waals surface area (Å²) in [6.45, 7) is 20.4. The molecule has 0 unspecified atom stereocenters. The van der Waals surface area contributed by atoms with Crippen LogP contribution in [0.2, 0.25) is 0 Å². The molecule has 4 aromatic rings. The zero-order valence-corrected chi connectivity index (χ0v) is 22.4. The van der Waals surface area contributed by atoms with Gasteiger partial charge >= 0.3 is 0 Å². The molecule has 4 rings (SSSR count). The topological polar surface area (TPSA) is 0 Å². The van der Waals surface area contributed by atoms with Gasteiger partial charge in [0, 0.05) is 0 Å². The Morgan fingerprint density at radius 2 is 0.912 bits per heavy atom. The van der Waals surface area contributed by atoms with E-state index in [0.717, 1.165) is 0 Å². The molecule has 0 spiro atoms. The zero-order chi connectivity index (χ0) is 24.7. The minimum atomic E-state index is 0.216. The maximum atomic E-state index is 2.37. The molecule has 0 saturated carbocycles. The van der Waals surface area contributed by atoms with Gasteiger partial charge in [-0.1, -0.05) is 116 Å². The van der Waals surface area contributed by atoms with E-state index in [-0.39, 0.29) is 6.71 Å². The molecule has 0 aliphatic heterocycles. The lowest BCUT2D eigenvalue weighted by Crippen LogP contribution is -2.56. The van der Waals surface area contributed by atoms with Gasteiger partial charge in [0.15, 0.2) is 0 Å². The van der Waals surface area contributed by atoms with Gasteiger partial charge in [0.05, 0.1) is 0 Å². The Labute approximate surface area is 207 Å². The first kappa shape index (κ1) is 24.1. The van der Waals surface area contributed by atoms with Crippen LogP contribution in [0.4, 0.5) is 0 Å². The maximum Gasteiger partial charge on any atom is 0.242 e. The number of aryl methyl sites for hydroxylation is 7. The Morgan fingerprint density at radius 1 is 0.412 bits per heavy atom. The molecule has 0 aromatic heterocycles. The van der Waals surface area contributed by atoms with Crippen molar-refractivity contribution in [3.63, 3.8) is 0 Å². The van der Waals surface area contributed by atoms with Crippen LogP contribution >= 0.6 is 0 Å². The first-order valence-corrected chi connectivity index (χ1v) is 12.4. The van der Waals surface area contributed by atoms with E-state index in [0.29, 0.717) is 0 Å². The van der Waals surface area contributed by atoms with Gasteiger partial charge in [0.1, 0.15) is 0 Å². The van der Waals surface area contributed by atoms with E-state index in [2.05, 4.69) is 123 Å². The second kappa shape index (κ2) is 9.30. The Balaban J connectivity index is 1.94. The van der Waals surface area contributed by atoms with E-state index >= 15 is 0 Å². The molecule has 0 atom stereocenters. The molecule has 172 valence electrons. The summed E-state index contributed by atoms with van der Waals surface area (Å²) in [7, 11) is 0. The fraction of sp³-hybridized carbons (Fsp3) is 0.273. The summed E-state index contributed by atoms with van der Waals surface area (Å²) < 4.78 is 0. The fourth-order valence-electron chi connectivity index (χ4n) is 5.88. The zero-order valence-electron chi connectivity index (χ0n) is 22.4. The molecular formula is C33H37B. The quantitative estimate of drug-likeness (QED) is 0.309. The summed E-state index contributed by atoms with van der Waals surface area (Å²) in [4.78, 5) is 0. The van der Waals surface area contributed by atoms with E-state index < -0.39 is 0 Å². The summed E-state index contributed by atoms with van der Waals surface area (Å²) in [6, 6.07) is 23.2. The maximum absolute atomic E-state index is 2.37. The lowest BCUT2D eigenvalue weighted by Gasteiger charge is -2.26. The van der Waals surface area contributed by atoms with Gasteiger partial charge in [-0.05, 0) is 84.6 Å². The largest absolute Gasteiger partial charge is 0.242 e. The molecule has 0 N–H and O–H groups in total. The molecule has 34 heavy (non-hydrogen) atoms. The van der Waals surface area contributed by atoms with E-state index in [1.54, 1.807) is 0 Å². The Hall–Kier alpha value is -3.06. The molecule has 0 aliphatic rings. The van der Waals surface area contributed by atoms with E-state index in [9.17, 15) is 0 Å². The molecule has 1 heteroatoms. The van der Waals surface area contributed by atoms with E-state index in [4.69, 9.17) is 0 Å². The Morgan fingerprint density at radius 3 is 1.47 bits per heavy atom. The molecule has 0 radical (unpaired) electrons. The smallest absolute Gasteiger partial charge is 0.0686 e. The normalized spacial score (nSPS) is 11.1. The average molecular weight is 444 g/mol. The molecule has 0 saturated heterocycles. The van der Waals surface area contributed by atoms with Crippen LogP contribution in [-0.4, -0.2) is 6.71 Å². The van der Waals surface area contributed by atoms with Gasteiger partial charge in [-0.25, -0.2) is 0 Å². The van der Waals surface area contributed by atoms with Crippen LogP contribution in [0.3, 0.4) is 0 Å². The monoisotopic (exact) mass is 444 g/mol. The third-order valence-electron chi connectivity index (χ3n) is 7.53. The molecule has 0 fully saturated rings. The van der Waals surface area contributed by atoms with Crippen LogP contribution in [0.15, 0.2) is 60.7 Å². The minimum Gasteiger partial charge on any atom is -0.0686 e. The highest BCUT2D eigenvalue weighted by Crippen LogP contribution is 2.22. The van der Waals surface area contributed by atoms with Crippen molar-refractivity contribution < 1.29 is 0 Å². The molecule has 0 aliphatic carbocycles. The Kier molecular flexibility index (Phi) is 6.59. The van der Waals surface area contributed by atoms with Crippen LogP contribution < -0.4 is 16.4 Å². The van der Waals surface area contributed by atoms with Crippen molar-refractivity contribution in [3.8, 4) is 11.1 Å². The summed E-state index contributed by atoms with van der Waals surface area (Å²) in [5.41, 5.74) is 19.1. The highest BCUT2D eigenvalue weighted by atomic mass is 14.1. The number of hydrogen-bond acceptors (Lipinski definition) is 0. The third kappa shape index (κ3) is 4.49. The van der Waals surface area contributed by atoms with Gasteiger partial charge in [0.2, 0.25) is 6.71 Å². The van der Waals surface area contributed by atoms with Gasteiger partial charge in [-0.15, -0.1) is 0 Å². The van der Waals surface area contributed by atoms with Crippen LogP contribution in [0.5, 0.6) is 0 Å². The second-order valence-corrected chi connectivity index (χ2v) is 10.4. The first-order valence-electron chi connectivity index (χ1n) is 12.4. The van der Waals surface area contributed by atoms with Gasteiger partial charge in [-0.2, -0.15) is 0 Å². The average Bonchev–Trinajstić information content (AvgIpc) is 2.75. The second-order valence-electron chi connectivity index (χ2n) is 10.4. The van der Waals surface area contributed by atoms with Gasteiger partial charge < -0.3 is 0 Å². The number of hydrogen-bond donors (Lipinski definition) is 0. The SMILES string of the molecule is Cc1cc(C)cc(-c2ccc(B(c3c(C)cc(C)cc3C)c3c(C)cc(C)c(C)c3C)cc2)c1. The van der Waals surface area contributed by atoms with Crippen LogP contribution in [0.1, 0.15) is 50.1 Å². The molecule has 0 amide bonds. The molecule has 0 nitrogen and oxygen atoms in total. The van der Waals surface area contributed by atoms with Crippen molar-refractivity contribution in [1.29, 1.82) is 0 Å². The van der Waals surface area contributed by atoms with E-state index in [1.165, 1.54) is 77.6 Å². The van der Waals surface area contributed by atoms with Crippen molar-refractivity contribution >= 4 is 23.1 Å². The molecule has 4 aromatic carbocycles. The highest BCUT2D eigenvalue weighted by molar-refractivity contribution is 6.96. The van der Waals surface area contributed by atoms with Crippen LogP contribution in [0.25, 0.3) is 11.1 Å². The standard InChI is InChI=1S/C33H37B/c1-20-14-21(2)18-30(17-20)29-10-12-31(13-11-29)34(32-24(5)15-22(3)16-25(32)6)33-26(7)19-23(4)27(8)28(33)9/h10-19H,1-9H3. The third-order valence-corrected chi connectivity index (χ3v) is 7.53. The fourth-order valence-corrected chi connectivity index (χ4v) is 5.88. The van der Waals surface area contributed by atoms with Crippen molar-refractivity contribution in [1.82, 2.24) is 0 Å². The summed E-state index contributed by atoms with van der Waals surface area (Å²) in [5, 5.41) is 0. The van der Waals surface area contributed by atoms with Crippen molar-refractivity contribution in [2.45, 2.75) is 62.3 Å². The lowest BCUT2D eigenvalue weighted by molar-refractivity contribution is 1.25. The predicted molar refractivity (Wildman–Crippen MR) is 152 cm³/mol. The summed E-state index contributed by atoms with van der Waals surface area (Å²) in [6.07, 6.45) is 0. The predicted octanol–water partition coefficient (Wildman–Crippen LogP) is 6.65. The minimum absolute atomic E-state index is 0.216. The molecule has 0 bridgehead atoms. The number of rotatable bonds is 4. The summed E-state index contributed by atoms with van der Waals surface area (Å²) in [5.74, 6) is 0. The molecular weight excluding hydrogens is 407 g/mol. The van der Waals surface area contributed by atoms with Crippen LogP contribution in [-0.2, 0) is 0 Å².